The first-order valence-corrected chi connectivity index (χ1v) is 6.53. The lowest BCUT2D eigenvalue weighted by molar-refractivity contribution is 0.247. The van der Waals surface area contributed by atoms with Crippen molar-refractivity contribution >= 4 is 27.3 Å². The van der Waals surface area contributed by atoms with Crippen LogP contribution in [0.1, 0.15) is 25.6 Å². The van der Waals surface area contributed by atoms with Gasteiger partial charge in [-0.05, 0) is 46.3 Å². The fourth-order valence-electron chi connectivity index (χ4n) is 1.45. The van der Waals surface area contributed by atoms with Gasteiger partial charge in [0.15, 0.2) is 0 Å². The number of thiophene rings is 1. The van der Waals surface area contributed by atoms with Crippen molar-refractivity contribution in [3.63, 3.8) is 0 Å². The molecule has 0 saturated carbocycles. The van der Waals surface area contributed by atoms with E-state index in [4.69, 9.17) is 5.73 Å². The summed E-state index contributed by atoms with van der Waals surface area (Å²) in [5.74, 6) is 0.563. The highest BCUT2D eigenvalue weighted by Crippen LogP contribution is 2.31. The maximum atomic E-state index is 5.81. The monoisotopic (exact) mass is 275 g/mol. The van der Waals surface area contributed by atoms with Gasteiger partial charge in [0.2, 0.25) is 0 Å². The Morgan fingerprint density at radius 3 is 2.50 bits per heavy atom. The van der Waals surface area contributed by atoms with Gasteiger partial charge in [0, 0.05) is 14.7 Å². The molecule has 0 saturated heterocycles. The normalized spacial score (nSPS) is 14.4. The third kappa shape index (κ3) is 3.37. The molecule has 0 aliphatic heterocycles. The van der Waals surface area contributed by atoms with Crippen molar-refractivity contribution in [2.45, 2.75) is 27.2 Å². The van der Waals surface area contributed by atoms with E-state index < -0.39 is 0 Å². The molecule has 1 heterocycles. The van der Waals surface area contributed by atoms with E-state index in [1.807, 2.05) is 0 Å². The molecule has 2 N–H and O–H groups in total. The Kier molecular flexibility index (Phi) is 4.16. The van der Waals surface area contributed by atoms with E-state index in [0.717, 1.165) is 13.0 Å². The van der Waals surface area contributed by atoms with Gasteiger partial charge >= 0.3 is 0 Å². The molecule has 1 aromatic rings. The van der Waals surface area contributed by atoms with Crippen molar-refractivity contribution in [1.29, 1.82) is 0 Å². The summed E-state index contributed by atoms with van der Waals surface area (Å²) in [6.45, 7) is 7.53. The van der Waals surface area contributed by atoms with E-state index in [1.165, 1.54) is 9.35 Å². The zero-order valence-electron chi connectivity index (χ0n) is 9.01. The Morgan fingerprint density at radius 2 is 2.14 bits per heavy atom. The lowest BCUT2D eigenvalue weighted by Gasteiger charge is -2.29. The van der Waals surface area contributed by atoms with Crippen LogP contribution in [0, 0.1) is 11.3 Å². The fourth-order valence-corrected chi connectivity index (χ4v) is 2.98. The molecule has 1 rings (SSSR count). The lowest BCUT2D eigenvalue weighted by Crippen LogP contribution is -2.29. The average molecular weight is 276 g/mol. The number of nitrogens with two attached hydrogens (primary N) is 1. The van der Waals surface area contributed by atoms with Gasteiger partial charge in [-0.3, -0.25) is 0 Å². The topological polar surface area (TPSA) is 26.0 Å². The molecule has 0 bridgehead atoms. The second kappa shape index (κ2) is 4.77. The van der Waals surface area contributed by atoms with E-state index >= 15 is 0 Å². The molecule has 0 radical (unpaired) electrons. The average Bonchev–Trinajstić information content (AvgIpc) is 2.45. The second-order valence-electron chi connectivity index (χ2n) is 4.73. The summed E-state index contributed by atoms with van der Waals surface area (Å²) in [6, 6.07) is 2.19. The van der Waals surface area contributed by atoms with Crippen molar-refractivity contribution in [2.24, 2.45) is 17.1 Å². The Labute approximate surface area is 98.8 Å². The first-order valence-electron chi connectivity index (χ1n) is 4.86. The first kappa shape index (κ1) is 12.2. The number of rotatable bonds is 3. The molecule has 1 nitrogen and oxygen atoms in total. The number of hydrogen-bond acceptors (Lipinski definition) is 2. The van der Waals surface area contributed by atoms with E-state index in [1.54, 1.807) is 11.3 Å². The van der Waals surface area contributed by atoms with Crippen molar-refractivity contribution in [3.05, 3.63) is 20.8 Å². The molecular weight excluding hydrogens is 258 g/mol. The van der Waals surface area contributed by atoms with Crippen LogP contribution < -0.4 is 5.73 Å². The predicted octanol–water partition coefficient (Wildman–Crippen LogP) is 3.67. The van der Waals surface area contributed by atoms with Crippen LogP contribution in [0.15, 0.2) is 15.9 Å². The Hall–Kier alpha value is 0.140. The largest absolute Gasteiger partial charge is 0.330 e. The molecule has 0 fully saturated rings. The zero-order chi connectivity index (χ0) is 10.8. The predicted molar refractivity (Wildman–Crippen MR) is 67.7 cm³/mol. The van der Waals surface area contributed by atoms with Gasteiger partial charge in [0.25, 0.3) is 0 Å². The van der Waals surface area contributed by atoms with Crippen LogP contribution in [0.3, 0.4) is 0 Å². The standard InChI is InChI=1S/C11H18BrNS/c1-11(2,3)8(6-13)4-10-5-9(12)7-14-10/h5,7-8H,4,6,13H2,1-3H3. The van der Waals surface area contributed by atoms with E-state index in [9.17, 15) is 0 Å². The number of hydrogen-bond donors (Lipinski definition) is 1. The van der Waals surface area contributed by atoms with Gasteiger partial charge in [-0.2, -0.15) is 0 Å². The summed E-state index contributed by atoms with van der Waals surface area (Å²) in [4.78, 5) is 1.42. The smallest absolute Gasteiger partial charge is 0.0285 e. The highest BCUT2D eigenvalue weighted by molar-refractivity contribution is 9.10. The maximum Gasteiger partial charge on any atom is 0.0285 e. The maximum absolute atomic E-state index is 5.81. The van der Waals surface area contributed by atoms with Gasteiger partial charge in [-0.15, -0.1) is 11.3 Å². The van der Waals surface area contributed by atoms with Crippen LogP contribution >= 0.6 is 27.3 Å². The SMILES string of the molecule is CC(C)(C)C(CN)Cc1cc(Br)cs1. The van der Waals surface area contributed by atoms with Crippen molar-refractivity contribution in [1.82, 2.24) is 0 Å². The minimum absolute atomic E-state index is 0.297. The van der Waals surface area contributed by atoms with Crippen molar-refractivity contribution < 1.29 is 0 Å². The summed E-state index contributed by atoms with van der Waals surface area (Å²) in [6.07, 6.45) is 1.09. The second-order valence-corrected chi connectivity index (χ2v) is 6.65. The zero-order valence-corrected chi connectivity index (χ0v) is 11.4. The molecular formula is C11H18BrNS. The summed E-state index contributed by atoms with van der Waals surface area (Å²) >= 11 is 5.28. The summed E-state index contributed by atoms with van der Waals surface area (Å²) in [5, 5.41) is 2.13. The first-order chi connectivity index (χ1) is 6.43. The van der Waals surface area contributed by atoms with E-state index in [2.05, 4.69) is 48.1 Å². The molecule has 0 amide bonds. The van der Waals surface area contributed by atoms with Gasteiger partial charge in [0.1, 0.15) is 0 Å². The van der Waals surface area contributed by atoms with Crippen LogP contribution in [0.25, 0.3) is 0 Å². The Bertz CT molecular complexity index is 288. The molecule has 0 spiro atoms. The summed E-state index contributed by atoms with van der Waals surface area (Å²) < 4.78 is 1.18. The third-order valence-corrected chi connectivity index (χ3v) is 4.30. The van der Waals surface area contributed by atoms with E-state index in [0.29, 0.717) is 11.3 Å². The van der Waals surface area contributed by atoms with Gasteiger partial charge < -0.3 is 5.73 Å². The van der Waals surface area contributed by atoms with Gasteiger partial charge in [0.05, 0.1) is 0 Å². The van der Waals surface area contributed by atoms with Gasteiger partial charge in [-0.1, -0.05) is 20.8 Å². The fraction of sp³-hybridized carbons (Fsp3) is 0.636. The van der Waals surface area contributed by atoms with Crippen LogP contribution in [-0.4, -0.2) is 6.54 Å². The molecule has 0 aliphatic rings. The highest BCUT2D eigenvalue weighted by atomic mass is 79.9. The summed E-state index contributed by atoms with van der Waals surface area (Å²) in [7, 11) is 0. The van der Waals surface area contributed by atoms with Crippen molar-refractivity contribution in [3.8, 4) is 0 Å². The Morgan fingerprint density at radius 1 is 1.50 bits per heavy atom. The quantitative estimate of drug-likeness (QED) is 0.895. The van der Waals surface area contributed by atoms with Crippen LogP contribution in [0.5, 0.6) is 0 Å². The summed E-state index contributed by atoms with van der Waals surface area (Å²) in [5.41, 5.74) is 6.10. The molecule has 1 unspecified atom stereocenters. The molecule has 80 valence electrons. The highest BCUT2D eigenvalue weighted by Gasteiger charge is 2.23. The molecule has 0 aromatic carbocycles. The van der Waals surface area contributed by atoms with Crippen LogP contribution in [0.4, 0.5) is 0 Å². The Balaban J connectivity index is 2.66. The van der Waals surface area contributed by atoms with Crippen LogP contribution in [-0.2, 0) is 6.42 Å². The van der Waals surface area contributed by atoms with E-state index in [-0.39, 0.29) is 0 Å². The molecule has 1 aromatic heterocycles. The number of halogens is 1. The molecule has 14 heavy (non-hydrogen) atoms. The van der Waals surface area contributed by atoms with Crippen LogP contribution in [0.2, 0.25) is 0 Å². The minimum Gasteiger partial charge on any atom is -0.330 e. The molecule has 3 heteroatoms. The molecule has 0 aliphatic carbocycles. The van der Waals surface area contributed by atoms with Crippen molar-refractivity contribution in [2.75, 3.05) is 6.54 Å². The minimum atomic E-state index is 0.297. The van der Waals surface area contributed by atoms with Gasteiger partial charge in [-0.25, -0.2) is 0 Å². The lowest BCUT2D eigenvalue weighted by atomic mass is 9.78. The third-order valence-electron chi connectivity index (χ3n) is 2.58. The molecule has 1 atom stereocenters.